The molecule has 1 unspecified atom stereocenters. The Morgan fingerprint density at radius 3 is 2.40 bits per heavy atom. The second kappa shape index (κ2) is 7.23. The fraction of sp³-hybridized carbons (Fsp3) is 0.238. The third-order valence-corrected chi connectivity index (χ3v) is 4.34. The van der Waals surface area contributed by atoms with Crippen LogP contribution < -0.4 is 11.5 Å². The molecular weight excluding hydrogens is 308 g/mol. The van der Waals surface area contributed by atoms with Crippen LogP contribution >= 0.6 is 0 Å². The van der Waals surface area contributed by atoms with Gasteiger partial charge >= 0.3 is 0 Å². The summed E-state index contributed by atoms with van der Waals surface area (Å²) in [6, 6.07) is 9.82. The Hall–Kier alpha value is -3.06. The van der Waals surface area contributed by atoms with Gasteiger partial charge in [0.05, 0.1) is 23.5 Å². The molecule has 0 saturated carbocycles. The maximum Gasteiger partial charge on any atom is 0.0991 e. The molecule has 4 heteroatoms. The molecule has 1 atom stereocenters. The van der Waals surface area contributed by atoms with Crippen molar-refractivity contribution in [3.63, 3.8) is 0 Å². The Morgan fingerprint density at radius 2 is 1.88 bits per heavy atom. The van der Waals surface area contributed by atoms with E-state index in [0.717, 1.165) is 33.5 Å². The lowest BCUT2D eigenvalue weighted by atomic mass is 9.79. The second-order valence-corrected chi connectivity index (χ2v) is 6.50. The number of hydrogen-bond acceptors (Lipinski definition) is 4. The monoisotopic (exact) mass is 332 g/mol. The van der Waals surface area contributed by atoms with Crippen molar-refractivity contribution < 1.29 is 0 Å². The number of hydrogen-bond donors (Lipinski definition) is 2. The number of aromatic nitrogens is 1. The number of aryl methyl sites for hydroxylation is 2. The molecule has 0 saturated heterocycles. The molecule has 0 radical (unpaired) electrons. The third-order valence-electron chi connectivity index (χ3n) is 4.34. The first kappa shape index (κ1) is 18.3. The van der Waals surface area contributed by atoms with E-state index in [4.69, 9.17) is 16.7 Å². The Bertz CT molecular complexity index is 897. The summed E-state index contributed by atoms with van der Waals surface area (Å²) in [6.07, 6.45) is 1.65. The molecule has 25 heavy (non-hydrogen) atoms. The number of allylic oxidation sites excluding steroid dienone is 2. The van der Waals surface area contributed by atoms with Gasteiger partial charge in [-0.1, -0.05) is 18.2 Å². The summed E-state index contributed by atoms with van der Waals surface area (Å²) in [4.78, 5) is 4.42. The average Bonchev–Trinajstić information content (AvgIpc) is 2.54. The lowest BCUT2D eigenvalue weighted by Crippen LogP contribution is -2.15. The van der Waals surface area contributed by atoms with E-state index >= 15 is 0 Å². The van der Waals surface area contributed by atoms with Crippen molar-refractivity contribution in [2.75, 3.05) is 5.73 Å². The summed E-state index contributed by atoms with van der Waals surface area (Å²) < 4.78 is 0. The molecule has 0 spiro atoms. The number of anilines is 1. The van der Waals surface area contributed by atoms with Gasteiger partial charge < -0.3 is 11.5 Å². The van der Waals surface area contributed by atoms with E-state index in [9.17, 15) is 0 Å². The van der Waals surface area contributed by atoms with E-state index in [1.54, 1.807) is 6.20 Å². The SMILES string of the molecule is C=C(N)C(=C(C)C)C(c1ccc(C#N)cc1C)c1cc(N)cnc1C. The van der Waals surface area contributed by atoms with Crippen LogP contribution in [0.25, 0.3) is 0 Å². The number of benzene rings is 1. The summed E-state index contributed by atoms with van der Waals surface area (Å²) in [6.45, 7) is 12.0. The normalized spacial score (nSPS) is 11.5. The molecule has 0 fully saturated rings. The lowest BCUT2D eigenvalue weighted by Gasteiger charge is -2.26. The fourth-order valence-corrected chi connectivity index (χ4v) is 3.20. The van der Waals surface area contributed by atoms with Gasteiger partial charge in [0.1, 0.15) is 0 Å². The Kier molecular flexibility index (Phi) is 5.29. The molecule has 0 amide bonds. The fourth-order valence-electron chi connectivity index (χ4n) is 3.20. The van der Waals surface area contributed by atoms with Gasteiger partial charge in [-0.15, -0.1) is 0 Å². The summed E-state index contributed by atoms with van der Waals surface area (Å²) >= 11 is 0. The van der Waals surface area contributed by atoms with Crippen LogP contribution in [0.4, 0.5) is 5.69 Å². The largest absolute Gasteiger partial charge is 0.399 e. The van der Waals surface area contributed by atoms with Crippen LogP contribution in [0.2, 0.25) is 0 Å². The lowest BCUT2D eigenvalue weighted by molar-refractivity contribution is 0.892. The van der Waals surface area contributed by atoms with E-state index in [2.05, 4.69) is 17.6 Å². The minimum Gasteiger partial charge on any atom is -0.399 e. The van der Waals surface area contributed by atoms with E-state index in [-0.39, 0.29) is 5.92 Å². The zero-order valence-corrected chi connectivity index (χ0v) is 15.2. The maximum atomic E-state index is 9.15. The highest BCUT2D eigenvalue weighted by Crippen LogP contribution is 2.39. The molecule has 128 valence electrons. The summed E-state index contributed by atoms with van der Waals surface area (Å²) in [5.74, 6) is -0.133. The molecule has 0 aliphatic heterocycles. The summed E-state index contributed by atoms with van der Waals surface area (Å²) in [7, 11) is 0. The predicted molar refractivity (Wildman–Crippen MR) is 103 cm³/mol. The van der Waals surface area contributed by atoms with E-state index in [1.165, 1.54) is 0 Å². The van der Waals surface area contributed by atoms with Crippen LogP contribution in [0.3, 0.4) is 0 Å². The van der Waals surface area contributed by atoms with Crippen molar-refractivity contribution in [3.8, 4) is 6.07 Å². The predicted octanol–water partition coefficient (Wildman–Crippen LogP) is 4.09. The third kappa shape index (κ3) is 3.72. The number of nitrogens with two attached hydrogens (primary N) is 2. The standard InChI is InChI=1S/C21H24N4/c1-12(2)20(14(4)23)21(19-9-17(24)11-25-15(19)5)18-7-6-16(10-22)8-13(18)3/h6-9,11,21H,4,23-24H2,1-3,5H3. The molecule has 1 heterocycles. The Balaban J connectivity index is 2.83. The van der Waals surface area contributed by atoms with Crippen molar-refractivity contribution in [1.29, 1.82) is 5.26 Å². The number of pyridine rings is 1. The smallest absolute Gasteiger partial charge is 0.0991 e. The second-order valence-electron chi connectivity index (χ2n) is 6.50. The van der Waals surface area contributed by atoms with Crippen molar-refractivity contribution >= 4 is 5.69 Å². The number of rotatable bonds is 4. The first-order chi connectivity index (χ1) is 11.8. The van der Waals surface area contributed by atoms with Crippen LogP contribution in [-0.4, -0.2) is 4.98 Å². The van der Waals surface area contributed by atoms with Gasteiger partial charge in [-0.25, -0.2) is 0 Å². The van der Waals surface area contributed by atoms with Crippen molar-refractivity contribution in [1.82, 2.24) is 4.98 Å². The Morgan fingerprint density at radius 1 is 1.20 bits per heavy atom. The first-order valence-corrected chi connectivity index (χ1v) is 8.11. The molecule has 4 nitrogen and oxygen atoms in total. The van der Waals surface area contributed by atoms with Crippen molar-refractivity contribution in [2.24, 2.45) is 5.73 Å². The highest BCUT2D eigenvalue weighted by atomic mass is 14.7. The van der Waals surface area contributed by atoms with Crippen LogP contribution in [0.5, 0.6) is 0 Å². The zero-order chi connectivity index (χ0) is 18.7. The molecule has 1 aromatic heterocycles. The van der Waals surface area contributed by atoms with Crippen molar-refractivity contribution in [2.45, 2.75) is 33.6 Å². The minimum atomic E-state index is -0.133. The van der Waals surface area contributed by atoms with Crippen LogP contribution in [-0.2, 0) is 0 Å². The summed E-state index contributed by atoms with van der Waals surface area (Å²) in [5.41, 5.74) is 19.9. The number of nitriles is 1. The van der Waals surface area contributed by atoms with Gasteiger partial charge in [0.25, 0.3) is 0 Å². The van der Waals surface area contributed by atoms with Crippen LogP contribution in [0.15, 0.2) is 53.9 Å². The zero-order valence-electron chi connectivity index (χ0n) is 15.2. The molecular formula is C21H24N4. The average molecular weight is 332 g/mol. The molecule has 0 aliphatic rings. The van der Waals surface area contributed by atoms with E-state index in [1.807, 2.05) is 52.0 Å². The molecule has 4 N–H and O–H groups in total. The molecule has 0 bridgehead atoms. The van der Waals surface area contributed by atoms with E-state index < -0.39 is 0 Å². The molecule has 2 rings (SSSR count). The Labute approximate surface area is 149 Å². The topological polar surface area (TPSA) is 88.7 Å². The quantitative estimate of drug-likeness (QED) is 0.825. The molecule has 2 aromatic rings. The molecule has 1 aromatic carbocycles. The van der Waals surface area contributed by atoms with Crippen LogP contribution in [0, 0.1) is 25.2 Å². The summed E-state index contributed by atoms with van der Waals surface area (Å²) in [5, 5.41) is 9.15. The van der Waals surface area contributed by atoms with Crippen LogP contribution in [0.1, 0.15) is 47.7 Å². The van der Waals surface area contributed by atoms with Gasteiger partial charge in [-0.2, -0.15) is 5.26 Å². The highest BCUT2D eigenvalue weighted by molar-refractivity contribution is 5.55. The van der Waals surface area contributed by atoms with Gasteiger partial charge in [0.15, 0.2) is 0 Å². The maximum absolute atomic E-state index is 9.15. The van der Waals surface area contributed by atoms with Gasteiger partial charge in [-0.3, -0.25) is 4.98 Å². The van der Waals surface area contributed by atoms with Gasteiger partial charge in [0, 0.05) is 17.3 Å². The highest BCUT2D eigenvalue weighted by Gasteiger charge is 2.25. The molecule has 0 aliphatic carbocycles. The number of nitrogen functional groups attached to an aromatic ring is 1. The van der Waals surface area contributed by atoms with Crippen molar-refractivity contribution in [3.05, 3.63) is 81.8 Å². The van der Waals surface area contributed by atoms with E-state index in [0.29, 0.717) is 16.9 Å². The number of nitrogens with zero attached hydrogens (tertiary/aromatic N) is 2. The van der Waals surface area contributed by atoms with Gasteiger partial charge in [-0.05, 0) is 68.2 Å². The first-order valence-electron chi connectivity index (χ1n) is 8.11. The minimum absolute atomic E-state index is 0.133. The van der Waals surface area contributed by atoms with Gasteiger partial charge in [0.2, 0.25) is 0 Å².